The fourth-order valence-corrected chi connectivity index (χ4v) is 6.21. The van der Waals surface area contributed by atoms with E-state index in [0.29, 0.717) is 36.2 Å². The molecule has 1 saturated heterocycles. The van der Waals surface area contributed by atoms with Crippen molar-refractivity contribution in [3.05, 3.63) is 76.6 Å². The van der Waals surface area contributed by atoms with Crippen molar-refractivity contribution in [1.29, 1.82) is 0 Å². The van der Waals surface area contributed by atoms with Gasteiger partial charge in [-0.05, 0) is 60.4 Å². The van der Waals surface area contributed by atoms with Crippen LogP contribution in [0.5, 0.6) is 11.5 Å². The van der Waals surface area contributed by atoms with Gasteiger partial charge in [0.25, 0.3) is 0 Å². The Morgan fingerprint density at radius 1 is 1.14 bits per heavy atom. The number of nitrogens with zero attached hydrogens (tertiary/aromatic N) is 1. The third kappa shape index (κ3) is 5.09. The minimum absolute atomic E-state index is 0.0647. The molecule has 5 rings (SSSR count). The summed E-state index contributed by atoms with van der Waals surface area (Å²) in [6.07, 6.45) is 0.937. The first kappa shape index (κ1) is 25.0. The Bertz CT molecular complexity index is 1370. The molecule has 3 aromatic rings. The lowest BCUT2D eigenvalue weighted by Crippen LogP contribution is -2.32. The predicted octanol–water partition coefficient (Wildman–Crippen LogP) is 5.45. The Morgan fingerprint density at radius 2 is 1.97 bits per heavy atom. The quantitative estimate of drug-likeness (QED) is 0.423. The largest absolute Gasteiger partial charge is 0.489 e. The van der Waals surface area contributed by atoms with E-state index < -0.39 is 15.8 Å². The number of ether oxygens (including phenoxy) is 3. The molecule has 2 aliphatic rings. The lowest BCUT2D eigenvalue weighted by atomic mass is 9.98. The van der Waals surface area contributed by atoms with Gasteiger partial charge in [-0.1, -0.05) is 35.9 Å². The van der Waals surface area contributed by atoms with Crippen molar-refractivity contribution in [3.63, 3.8) is 0 Å². The minimum atomic E-state index is -3.95. The molecule has 0 unspecified atom stereocenters. The Labute approximate surface area is 215 Å². The third-order valence-corrected chi connectivity index (χ3v) is 8.68. The maximum absolute atomic E-state index is 13.7. The van der Waals surface area contributed by atoms with E-state index in [2.05, 4.69) is 0 Å². The molecule has 0 aliphatic carbocycles. The summed E-state index contributed by atoms with van der Waals surface area (Å²) in [5.41, 5.74) is 3.73. The SMILES string of the molecule is Cc1ccccc1-c1cc2c(c(OC[C@@H]3CCOC3)c1)OCCN(S(=O)(=O)c1ccc(F)c(Cl)c1)C2. The van der Waals surface area contributed by atoms with Gasteiger partial charge in [-0.2, -0.15) is 4.31 Å². The molecule has 1 atom stereocenters. The van der Waals surface area contributed by atoms with Gasteiger partial charge in [0.15, 0.2) is 11.5 Å². The van der Waals surface area contributed by atoms with Crippen LogP contribution in [0.15, 0.2) is 59.5 Å². The zero-order valence-electron chi connectivity index (χ0n) is 19.9. The topological polar surface area (TPSA) is 65.1 Å². The second-order valence-electron chi connectivity index (χ2n) is 9.08. The Kier molecular flexibility index (Phi) is 7.21. The Morgan fingerprint density at radius 3 is 2.72 bits per heavy atom. The summed E-state index contributed by atoms with van der Waals surface area (Å²) in [7, 11) is -3.95. The molecule has 0 amide bonds. The highest BCUT2D eigenvalue weighted by molar-refractivity contribution is 7.89. The normalized spacial score (nSPS) is 18.4. The van der Waals surface area contributed by atoms with E-state index in [4.69, 9.17) is 25.8 Å². The molecule has 0 radical (unpaired) electrons. The molecule has 190 valence electrons. The van der Waals surface area contributed by atoms with Gasteiger partial charge >= 0.3 is 0 Å². The van der Waals surface area contributed by atoms with Crippen molar-refractivity contribution in [2.75, 3.05) is 33.0 Å². The van der Waals surface area contributed by atoms with Gasteiger partial charge < -0.3 is 14.2 Å². The molecule has 2 heterocycles. The molecule has 0 bridgehead atoms. The lowest BCUT2D eigenvalue weighted by molar-refractivity contribution is 0.165. The average molecular weight is 532 g/mol. The highest BCUT2D eigenvalue weighted by Crippen LogP contribution is 2.40. The zero-order valence-corrected chi connectivity index (χ0v) is 21.4. The summed E-state index contributed by atoms with van der Waals surface area (Å²) in [6, 6.07) is 15.3. The number of hydrogen-bond acceptors (Lipinski definition) is 5. The smallest absolute Gasteiger partial charge is 0.243 e. The highest BCUT2D eigenvalue weighted by atomic mass is 35.5. The number of aryl methyl sites for hydroxylation is 1. The van der Waals surface area contributed by atoms with E-state index in [0.717, 1.165) is 41.9 Å². The molecular weight excluding hydrogens is 505 g/mol. The number of rotatable bonds is 6. The van der Waals surface area contributed by atoms with Crippen LogP contribution in [0, 0.1) is 18.7 Å². The summed E-state index contributed by atoms with van der Waals surface area (Å²) < 4.78 is 59.7. The molecule has 1 fully saturated rings. The number of sulfonamides is 1. The van der Waals surface area contributed by atoms with Gasteiger partial charge in [-0.25, -0.2) is 12.8 Å². The van der Waals surface area contributed by atoms with Crippen LogP contribution in [-0.4, -0.2) is 45.7 Å². The summed E-state index contributed by atoms with van der Waals surface area (Å²) in [5.74, 6) is 0.758. The molecule has 0 saturated carbocycles. The maximum Gasteiger partial charge on any atom is 0.243 e. The molecule has 3 aromatic carbocycles. The van der Waals surface area contributed by atoms with Crippen LogP contribution < -0.4 is 9.47 Å². The van der Waals surface area contributed by atoms with Gasteiger partial charge in [0.1, 0.15) is 12.4 Å². The molecule has 36 heavy (non-hydrogen) atoms. The number of hydrogen-bond donors (Lipinski definition) is 0. The zero-order chi connectivity index (χ0) is 25.3. The maximum atomic E-state index is 13.7. The molecular formula is C27H27ClFNO5S. The standard InChI is InChI=1S/C27H27ClFNO5S/c1-18-4-2-3-5-23(18)20-12-21-15-30(36(31,32)22-6-7-25(29)24(28)14-22)9-11-34-27(21)26(13-20)35-17-19-8-10-33-16-19/h2-7,12-14,19H,8-11,15-17H2,1H3/t19-/m1/s1. The van der Waals surface area contributed by atoms with E-state index in [-0.39, 0.29) is 29.6 Å². The van der Waals surface area contributed by atoms with Crippen LogP contribution in [0.25, 0.3) is 11.1 Å². The van der Waals surface area contributed by atoms with E-state index in [1.807, 2.05) is 43.3 Å². The summed E-state index contributed by atoms with van der Waals surface area (Å²) in [4.78, 5) is -0.0647. The molecule has 6 nitrogen and oxygen atoms in total. The van der Waals surface area contributed by atoms with E-state index >= 15 is 0 Å². The minimum Gasteiger partial charge on any atom is -0.489 e. The van der Waals surface area contributed by atoms with E-state index in [1.165, 1.54) is 10.4 Å². The van der Waals surface area contributed by atoms with Crippen molar-refractivity contribution in [2.45, 2.75) is 24.8 Å². The number of fused-ring (bicyclic) bond motifs is 1. The van der Waals surface area contributed by atoms with Gasteiger partial charge in [-0.3, -0.25) is 0 Å². The fraction of sp³-hybridized carbons (Fsp3) is 0.333. The van der Waals surface area contributed by atoms with Crippen molar-refractivity contribution < 1.29 is 27.0 Å². The van der Waals surface area contributed by atoms with Crippen LogP contribution in [0.2, 0.25) is 5.02 Å². The monoisotopic (exact) mass is 531 g/mol. The predicted molar refractivity (Wildman–Crippen MR) is 136 cm³/mol. The van der Waals surface area contributed by atoms with Gasteiger partial charge in [0, 0.05) is 31.2 Å². The van der Waals surface area contributed by atoms with E-state index in [9.17, 15) is 12.8 Å². The van der Waals surface area contributed by atoms with Crippen molar-refractivity contribution in [2.24, 2.45) is 5.92 Å². The van der Waals surface area contributed by atoms with Crippen LogP contribution in [0.4, 0.5) is 4.39 Å². The van der Waals surface area contributed by atoms with Crippen LogP contribution >= 0.6 is 11.6 Å². The summed E-state index contributed by atoms with van der Waals surface area (Å²) in [6.45, 7) is 4.26. The second-order valence-corrected chi connectivity index (χ2v) is 11.4. The first-order valence-electron chi connectivity index (χ1n) is 11.8. The van der Waals surface area contributed by atoms with Crippen molar-refractivity contribution in [1.82, 2.24) is 4.31 Å². The van der Waals surface area contributed by atoms with Gasteiger partial charge in [-0.15, -0.1) is 0 Å². The molecule has 0 spiro atoms. The first-order valence-corrected chi connectivity index (χ1v) is 13.7. The number of benzene rings is 3. The van der Waals surface area contributed by atoms with Crippen LogP contribution in [-0.2, 0) is 21.3 Å². The Hall–Kier alpha value is -2.65. The van der Waals surface area contributed by atoms with Gasteiger partial charge in [0.2, 0.25) is 10.0 Å². The van der Waals surface area contributed by atoms with E-state index in [1.54, 1.807) is 0 Å². The van der Waals surface area contributed by atoms with Crippen molar-refractivity contribution in [3.8, 4) is 22.6 Å². The average Bonchev–Trinajstić information content (AvgIpc) is 3.28. The Balaban J connectivity index is 1.53. The van der Waals surface area contributed by atoms with Crippen LogP contribution in [0.3, 0.4) is 0 Å². The first-order chi connectivity index (χ1) is 17.3. The highest BCUT2D eigenvalue weighted by Gasteiger charge is 2.30. The summed E-state index contributed by atoms with van der Waals surface area (Å²) in [5, 5.41) is -0.240. The molecule has 0 N–H and O–H groups in total. The van der Waals surface area contributed by atoms with Crippen LogP contribution in [0.1, 0.15) is 17.5 Å². The third-order valence-electron chi connectivity index (χ3n) is 6.55. The summed E-state index contributed by atoms with van der Waals surface area (Å²) >= 11 is 5.88. The molecule has 0 aromatic heterocycles. The molecule has 9 heteroatoms. The lowest BCUT2D eigenvalue weighted by Gasteiger charge is -2.21. The molecule has 2 aliphatic heterocycles. The van der Waals surface area contributed by atoms with Gasteiger partial charge in [0.05, 0.1) is 23.1 Å². The number of halogens is 2. The fourth-order valence-electron chi connectivity index (χ4n) is 4.53. The van der Waals surface area contributed by atoms with Crippen molar-refractivity contribution >= 4 is 21.6 Å². The second kappa shape index (κ2) is 10.4.